The summed E-state index contributed by atoms with van der Waals surface area (Å²) in [6, 6.07) is 15.1. The first-order valence-corrected chi connectivity index (χ1v) is 14.7. The Morgan fingerprint density at radius 3 is 2.58 bits per heavy atom. The quantitative estimate of drug-likeness (QED) is 0.383. The van der Waals surface area contributed by atoms with E-state index in [-0.39, 0.29) is 51.3 Å². The molecule has 0 bridgehead atoms. The molecule has 0 aromatic heterocycles. The van der Waals surface area contributed by atoms with E-state index < -0.39 is 39.5 Å². The summed E-state index contributed by atoms with van der Waals surface area (Å²) in [5.74, 6) is -1.31. The minimum atomic E-state index is -3.98. The van der Waals surface area contributed by atoms with Gasteiger partial charge < -0.3 is 9.64 Å². The van der Waals surface area contributed by atoms with Gasteiger partial charge in [0.05, 0.1) is 37.8 Å². The number of benzene rings is 3. The first kappa shape index (κ1) is 28.4. The molecule has 8 nitrogen and oxygen atoms in total. The van der Waals surface area contributed by atoms with Gasteiger partial charge in [-0.25, -0.2) is 17.6 Å². The second-order valence-electron chi connectivity index (χ2n) is 9.85. The van der Waals surface area contributed by atoms with Crippen molar-refractivity contribution in [2.75, 3.05) is 18.9 Å². The number of nitrogens with one attached hydrogen (secondary N) is 1. The highest BCUT2D eigenvalue weighted by atomic mass is 35.5. The number of halogens is 3. The van der Waals surface area contributed by atoms with Gasteiger partial charge in [-0.15, -0.1) is 0 Å². The highest BCUT2D eigenvalue weighted by Gasteiger charge is 2.53. The Hall–Kier alpha value is -3.18. The van der Waals surface area contributed by atoms with E-state index >= 15 is 4.39 Å². The number of likely N-dealkylation sites (tertiary alicyclic amines) is 1. The zero-order valence-electron chi connectivity index (χ0n) is 21.7. The molecule has 3 aromatic carbocycles. The summed E-state index contributed by atoms with van der Waals surface area (Å²) in [6.45, 7) is 2.04. The van der Waals surface area contributed by atoms with Crippen LogP contribution in [0, 0.1) is 5.82 Å². The highest BCUT2D eigenvalue weighted by molar-refractivity contribution is 7.89. The van der Waals surface area contributed by atoms with Gasteiger partial charge in [-0.3, -0.25) is 10.1 Å². The lowest BCUT2D eigenvalue weighted by molar-refractivity contribution is -0.0770. The minimum Gasteiger partial charge on any atom is -0.435 e. The van der Waals surface area contributed by atoms with E-state index in [1.807, 2.05) is 30.3 Å². The molecule has 2 atom stereocenters. The number of piperidine rings is 1. The SMILES string of the molecule is CC1N(C(=O)c2cc(S(=O)(=O)N(C)Cc3ccccc3)ccc2Cl)CCCC12OC(=O)Nc1ccc(Cl)c(F)c12. The first-order chi connectivity index (χ1) is 19.0. The number of rotatable bonds is 5. The summed E-state index contributed by atoms with van der Waals surface area (Å²) in [7, 11) is -2.52. The average molecular weight is 607 g/mol. The monoisotopic (exact) mass is 605 g/mol. The van der Waals surface area contributed by atoms with Crippen LogP contribution in [0.2, 0.25) is 10.0 Å². The molecule has 0 saturated carbocycles. The van der Waals surface area contributed by atoms with E-state index in [1.165, 1.54) is 46.6 Å². The van der Waals surface area contributed by atoms with Crippen molar-refractivity contribution in [2.45, 2.75) is 42.8 Å². The van der Waals surface area contributed by atoms with Gasteiger partial charge in [-0.2, -0.15) is 4.31 Å². The molecule has 5 rings (SSSR count). The summed E-state index contributed by atoms with van der Waals surface area (Å²) in [4.78, 5) is 27.7. The Bertz CT molecular complexity index is 1600. The number of anilines is 1. The van der Waals surface area contributed by atoms with E-state index in [9.17, 15) is 18.0 Å². The molecule has 12 heteroatoms. The van der Waals surface area contributed by atoms with Crippen LogP contribution >= 0.6 is 23.2 Å². The van der Waals surface area contributed by atoms with Crippen LogP contribution in [0.3, 0.4) is 0 Å². The van der Waals surface area contributed by atoms with Gasteiger partial charge >= 0.3 is 6.09 Å². The normalized spacial score (nSPS) is 20.7. The van der Waals surface area contributed by atoms with Crippen molar-refractivity contribution < 1.29 is 27.1 Å². The maximum Gasteiger partial charge on any atom is 0.412 e. The molecule has 1 spiro atoms. The minimum absolute atomic E-state index is 0.0354. The Balaban J connectivity index is 1.49. The Morgan fingerprint density at radius 1 is 1.15 bits per heavy atom. The number of sulfonamides is 1. The lowest BCUT2D eigenvalue weighted by Gasteiger charge is -2.50. The number of hydrogen-bond acceptors (Lipinski definition) is 5. The lowest BCUT2D eigenvalue weighted by Crippen LogP contribution is -2.59. The number of carbonyl (C=O) groups excluding carboxylic acids is 2. The van der Waals surface area contributed by atoms with Gasteiger partial charge in [0.25, 0.3) is 5.91 Å². The van der Waals surface area contributed by atoms with Gasteiger partial charge in [0.2, 0.25) is 10.0 Å². The summed E-state index contributed by atoms with van der Waals surface area (Å²) >= 11 is 12.5. The molecule has 40 heavy (non-hydrogen) atoms. The number of ether oxygens (including phenoxy) is 1. The maximum absolute atomic E-state index is 15.4. The summed E-state index contributed by atoms with van der Waals surface area (Å²) in [5.41, 5.74) is -0.462. The fourth-order valence-corrected chi connectivity index (χ4v) is 6.96. The van der Waals surface area contributed by atoms with Crippen LogP contribution < -0.4 is 5.32 Å². The molecule has 1 N–H and O–H groups in total. The molecule has 2 amide bonds. The highest BCUT2D eigenvalue weighted by Crippen LogP contribution is 2.48. The van der Waals surface area contributed by atoms with Gasteiger partial charge in [-0.05, 0) is 55.7 Å². The molecule has 2 aliphatic rings. The molecule has 2 aliphatic heterocycles. The van der Waals surface area contributed by atoms with Crippen molar-refractivity contribution in [2.24, 2.45) is 0 Å². The Morgan fingerprint density at radius 2 is 1.85 bits per heavy atom. The Kier molecular flexibility index (Phi) is 7.56. The van der Waals surface area contributed by atoms with Gasteiger partial charge in [0.1, 0.15) is 0 Å². The van der Waals surface area contributed by atoms with Crippen LogP contribution in [-0.4, -0.2) is 49.3 Å². The fourth-order valence-electron chi connectivity index (χ4n) is 5.42. The molecular weight excluding hydrogens is 580 g/mol. The van der Waals surface area contributed by atoms with Gasteiger partial charge in [-0.1, -0.05) is 53.5 Å². The van der Waals surface area contributed by atoms with E-state index in [1.54, 1.807) is 6.92 Å². The van der Waals surface area contributed by atoms with E-state index in [2.05, 4.69) is 5.32 Å². The largest absolute Gasteiger partial charge is 0.435 e. The van der Waals surface area contributed by atoms with Crippen LogP contribution in [0.15, 0.2) is 65.6 Å². The topological polar surface area (TPSA) is 96.0 Å². The molecule has 210 valence electrons. The summed E-state index contributed by atoms with van der Waals surface area (Å²) in [5, 5.41) is 2.41. The molecule has 0 radical (unpaired) electrons. The van der Waals surface area contributed by atoms with Crippen LogP contribution in [0.25, 0.3) is 0 Å². The number of hydrogen-bond donors (Lipinski definition) is 1. The van der Waals surface area contributed by atoms with Gasteiger partial charge in [0, 0.05) is 20.1 Å². The molecule has 3 aromatic rings. The number of amides is 2. The average Bonchev–Trinajstić information content (AvgIpc) is 2.92. The van der Waals surface area contributed by atoms with Crippen molar-refractivity contribution in [1.29, 1.82) is 0 Å². The first-order valence-electron chi connectivity index (χ1n) is 12.5. The van der Waals surface area contributed by atoms with Crippen LogP contribution in [0.5, 0.6) is 0 Å². The molecular formula is C28H26Cl2FN3O5S. The van der Waals surface area contributed by atoms with E-state index in [4.69, 9.17) is 27.9 Å². The van der Waals surface area contributed by atoms with Crippen LogP contribution in [0.1, 0.15) is 41.3 Å². The van der Waals surface area contributed by atoms with Crippen molar-refractivity contribution in [1.82, 2.24) is 9.21 Å². The third-order valence-corrected chi connectivity index (χ3v) is 9.93. The second-order valence-corrected chi connectivity index (χ2v) is 12.7. The third-order valence-electron chi connectivity index (χ3n) is 7.50. The molecule has 1 fully saturated rings. The molecule has 0 aliphatic carbocycles. The Labute approximate surface area is 241 Å². The zero-order chi connectivity index (χ0) is 28.8. The molecule has 1 saturated heterocycles. The van der Waals surface area contributed by atoms with Gasteiger partial charge in [0.15, 0.2) is 11.4 Å². The van der Waals surface area contributed by atoms with Crippen LogP contribution in [0.4, 0.5) is 14.9 Å². The second kappa shape index (κ2) is 10.7. The predicted octanol–water partition coefficient (Wildman–Crippen LogP) is 6.04. The summed E-state index contributed by atoms with van der Waals surface area (Å²) < 4.78 is 49.1. The third kappa shape index (κ3) is 4.83. The number of fused-ring (bicyclic) bond motifs is 2. The van der Waals surface area contributed by atoms with E-state index in [0.29, 0.717) is 6.42 Å². The smallest absolute Gasteiger partial charge is 0.412 e. The maximum atomic E-state index is 15.4. The van der Waals surface area contributed by atoms with Crippen molar-refractivity contribution in [3.8, 4) is 0 Å². The standard InChI is InChI=1S/C28H26Cl2FN3O5S/c1-17-28(24-23(32-27(36)39-28)12-11-22(30)25(24)31)13-6-14-34(17)26(35)20-15-19(9-10-21(20)29)40(37,38)33(2)16-18-7-4-3-5-8-18/h3-5,7-12,15,17H,6,13-14,16H2,1-2H3,(H,32,36). The fraction of sp³-hybridized carbons (Fsp3) is 0.286. The van der Waals surface area contributed by atoms with Crippen molar-refractivity contribution >= 4 is 50.9 Å². The lowest BCUT2D eigenvalue weighted by atomic mass is 9.77. The zero-order valence-corrected chi connectivity index (χ0v) is 24.0. The summed E-state index contributed by atoms with van der Waals surface area (Å²) in [6.07, 6.45) is -0.144. The molecule has 2 heterocycles. The number of nitrogens with zero attached hydrogens (tertiary/aromatic N) is 2. The van der Waals surface area contributed by atoms with E-state index in [0.717, 1.165) is 5.56 Å². The van der Waals surface area contributed by atoms with Crippen LogP contribution in [-0.2, 0) is 26.9 Å². The van der Waals surface area contributed by atoms with Crippen molar-refractivity contribution in [3.05, 3.63) is 93.2 Å². The predicted molar refractivity (Wildman–Crippen MR) is 149 cm³/mol. The van der Waals surface area contributed by atoms with Crippen molar-refractivity contribution in [3.63, 3.8) is 0 Å². The number of carbonyl (C=O) groups is 2. The molecule has 2 unspecified atom stereocenters.